The third kappa shape index (κ3) is 2.19. The third-order valence-corrected chi connectivity index (χ3v) is 3.22. The van der Waals surface area contributed by atoms with E-state index < -0.39 is 0 Å². The van der Waals surface area contributed by atoms with Crippen LogP contribution in [0.15, 0.2) is 18.5 Å². The summed E-state index contributed by atoms with van der Waals surface area (Å²) in [6.07, 6.45) is 5.87. The Morgan fingerprint density at radius 3 is 2.87 bits per heavy atom. The zero-order valence-electron chi connectivity index (χ0n) is 9.33. The van der Waals surface area contributed by atoms with E-state index in [2.05, 4.69) is 24.1 Å². The summed E-state index contributed by atoms with van der Waals surface area (Å²) in [6, 6.07) is 2.28. The quantitative estimate of drug-likeness (QED) is 0.786. The largest absolute Gasteiger partial charge is 0.394 e. The highest BCUT2D eigenvalue weighted by Crippen LogP contribution is 2.37. The van der Waals surface area contributed by atoms with Crippen LogP contribution in [0.3, 0.4) is 0 Å². The molecule has 2 N–H and O–H groups in total. The Morgan fingerprint density at radius 1 is 1.60 bits per heavy atom. The molecule has 0 spiro atoms. The Kier molecular flexibility index (Phi) is 2.76. The Balaban J connectivity index is 2.08. The van der Waals surface area contributed by atoms with Gasteiger partial charge < -0.3 is 10.4 Å². The van der Waals surface area contributed by atoms with Gasteiger partial charge in [0.15, 0.2) is 0 Å². The van der Waals surface area contributed by atoms with Crippen LogP contribution < -0.4 is 5.32 Å². The Bertz CT molecular complexity index is 347. The number of aliphatic hydroxyl groups excluding tert-OH is 1. The van der Waals surface area contributed by atoms with Crippen LogP contribution in [0.2, 0.25) is 0 Å². The third-order valence-electron chi connectivity index (χ3n) is 3.22. The molecule has 82 valence electrons. The van der Waals surface area contributed by atoms with Crippen molar-refractivity contribution in [2.45, 2.75) is 38.3 Å². The van der Waals surface area contributed by atoms with Gasteiger partial charge in [-0.2, -0.15) is 0 Å². The van der Waals surface area contributed by atoms with Crippen molar-refractivity contribution in [3.63, 3.8) is 0 Å². The van der Waals surface area contributed by atoms with Crippen LogP contribution in [0.1, 0.15) is 36.9 Å². The number of hydrogen-bond donors (Lipinski definition) is 2. The maximum Gasteiger partial charge on any atom is 0.0613 e. The summed E-state index contributed by atoms with van der Waals surface area (Å²) < 4.78 is 0. The molecule has 1 unspecified atom stereocenters. The van der Waals surface area contributed by atoms with E-state index in [-0.39, 0.29) is 18.2 Å². The smallest absolute Gasteiger partial charge is 0.0613 e. The van der Waals surface area contributed by atoms with Gasteiger partial charge in [0.05, 0.1) is 6.61 Å². The zero-order chi connectivity index (χ0) is 10.9. The molecule has 1 aromatic rings. The highest BCUT2D eigenvalue weighted by Gasteiger charge is 2.42. The van der Waals surface area contributed by atoms with Gasteiger partial charge in [-0.05, 0) is 43.9 Å². The van der Waals surface area contributed by atoms with E-state index in [1.165, 1.54) is 11.1 Å². The summed E-state index contributed by atoms with van der Waals surface area (Å²) in [4.78, 5) is 4.14. The maximum absolute atomic E-state index is 9.24. The SMILES string of the molecule is Cc1ccncc1C(C)NC1(CO)CC1. The molecule has 15 heavy (non-hydrogen) atoms. The number of nitrogens with zero attached hydrogens (tertiary/aromatic N) is 1. The second kappa shape index (κ2) is 3.91. The fourth-order valence-corrected chi connectivity index (χ4v) is 1.97. The highest BCUT2D eigenvalue weighted by atomic mass is 16.3. The molecule has 0 amide bonds. The highest BCUT2D eigenvalue weighted by molar-refractivity contribution is 5.25. The lowest BCUT2D eigenvalue weighted by atomic mass is 10.0. The lowest BCUT2D eigenvalue weighted by molar-refractivity contribution is 0.221. The first-order valence-electron chi connectivity index (χ1n) is 5.46. The molecule has 0 aromatic carbocycles. The summed E-state index contributed by atoms with van der Waals surface area (Å²) in [5, 5.41) is 12.7. The summed E-state index contributed by atoms with van der Waals surface area (Å²) in [5.41, 5.74) is 2.46. The van der Waals surface area contributed by atoms with Crippen LogP contribution in [0, 0.1) is 6.92 Å². The molecule has 1 aliphatic carbocycles. The normalized spacial score (nSPS) is 19.9. The van der Waals surface area contributed by atoms with E-state index in [4.69, 9.17) is 0 Å². The average Bonchev–Trinajstić information content (AvgIpc) is 2.99. The van der Waals surface area contributed by atoms with Gasteiger partial charge in [0.2, 0.25) is 0 Å². The van der Waals surface area contributed by atoms with E-state index in [0.29, 0.717) is 0 Å². The van der Waals surface area contributed by atoms with Crippen LogP contribution >= 0.6 is 0 Å². The molecular weight excluding hydrogens is 188 g/mol. The van der Waals surface area contributed by atoms with Crippen molar-refractivity contribution in [3.05, 3.63) is 29.6 Å². The number of aromatic nitrogens is 1. The summed E-state index contributed by atoms with van der Waals surface area (Å²) >= 11 is 0. The van der Waals surface area contributed by atoms with Crippen molar-refractivity contribution in [1.29, 1.82) is 0 Å². The predicted octanol–water partition coefficient (Wildman–Crippen LogP) is 1.57. The van der Waals surface area contributed by atoms with Crippen molar-refractivity contribution >= 4 is 0 Å². The van der Waals surface area contributed by atoms with Crippen molar-refractivity contribution < 1.29 is 5.11 Å². The number of rotatable bonds is 4. The standard InChI is InChI=1S/C12H18N2O/c1-9-3-6-13-7-11(9)10(2)14-12(8-15)4-5-12/h3,6-7,10,14-15H,4-5,8H2,1-2H3. The zero-order valence-corrected chi connectivity index (χ0v) is 9.33. The van der Waals surface area contributed by atoms with E-state index >= 15 is 0 Å². The van der Waals surface area contributed by atoms with Gasteiger partial charge in [-0.15, -0.1) is 0 Å². The van der Waals surface area contributed by atoms with Gasteiger partial charge in [0, 0.05) is 24.0 Å². The molecule has 0 saturated heterocycles. The molecule has 3 nitrogen and oxygen atoms in total. The van der Waals surface area contributed by atoms with Gasteiger partial charge in [-0.3, -0.25) is 4.98 Å². The molecule has 1 saturated carbocycles. The minimum absolute atomic E-state index is 0.0122. The number of aryl methyl sites for hydroxylation is 1. The Labute approximate surface area is 90.5 Å². The molecule has 0 radical (unpaired) electrons. The topological polar surface area (TPSA) is 45.2 Å². The van der Waals surface area contributed by atoms with Crippen molar-refractivity contribution in [1.82, 2.24) is 10.3 Å². The van der Waals surface area contributed by atoms with Crippen molar-refractivity contribution in [2.75, 3.05) is 6.61 Å². The van der Waals surface area contributed by atoms with Gasteiger partial charge in [-0.1, -0.05) is 0 Å². The number of aliphatic hydroxyl groups is 1. The van der Waals surface area contributed by atoms with E-state index in [1.54, 1.807) is 0 Å². The number of pyridine rings is 1. The number of nitrogens with one attached hydrogen (secondary N) is 1. The lowest BCUT2D eigenvalue weighted by Gasteiger charge is -2.22. The van der Waals surface area contributed by atoms with Gasteiger partial charge in [0.1, 0.15) is 0 Å². The molecule has 1 fully saturated rings. The molecule has 1 aromatic heterocycles. The van der Waals surface area contributed by atoms with E-state index in [9.17, 15) is 5.11 Å². The van der Waals surface area contributed by atoms with Crippen LogP contribution in [0.5, 0.6) is 0 Å². The molecule has 0 bridgehead atoms. The fraction of sp³-hybridized carbons (Fsp3) is 0.583. The average molecular weight is 206 g/mol. The van der Waals surface area contributed by atoms with Gasteiger partial charge >= 0.3 is 0 Å². The summed E-state index contributed by atoms with van der Waals surface area (Å²) in [5.74, 6) is 0. The lowest BCUT2D eigenvalue weighted by Crippen LogP contribution is -2.36. The molecular formula is C12H18N2O. The first-order chi connectivity index (χ1) is 7.17. The molecule has 3 heteroatoms. The number of hydrogen-bond acceptors (Lipinski definition) is 3. The molecule has 0 aliphatic heterocycles. The second-order valence-electron chi connectivity index (χ2n) is 4.54. The fourth-order valence-electron chi connectivity index (χ4n) is 1.97. The molecule has 2 rings (SSSR count). The summed E-state index contributed by atoms with van der Waals surface area (Å²) in [6.45, 7) is 4.45. The van der Waals surface area contributed by atoms with Crippen molar-refractivity contribution in [3.8, 4) is 0 Å². The first-order valence-corrected chi connectivity index (χ1v) is 5.46. The first kappa shape index (κ1) is 10.6. The van der Waals surface area contributed by atoms with E-state index in [0.717, 1.165) is 12.8 Å². The molecule has 1 heterocycles. The monoisotopic (exact) mass is 206 g/mol. The van der Waals surface area contributed by atoms with Crippen LogP contribution in [-0.2, 0) is 0 Å². The predicted molar refractivity (Wildman–Crippen MR) is 59.6 cm³/mol. The van der Waals surface area contributed by atoms with Crippen LogP contribution in [0.25, 0.3) is 0 Å². The summed E-state index contributed by atoms with van der Waals surface area (Å²) in [7, 11) is 0. The Hall–Kier alpha value is -0.930. The maximum atomic E-state index is 9.24. The van der Waals surface area contributed by atoms with Gasteiger partial charge in [0.25, 0.3) is 0 Å². The van der Waals surface area contributed by atoms with Crippen molar-refractivity contribution in [2.24, 2.45) is 0 Å². The van der Waals surface area contributed by atoms with Gasteiger partial charge in [-0.25, -0.2) is 0 Å². The van der Waals surface area contributed by atoms with Crippen LogP contribution in [0.4, 0.5) is 0 Å². The second-order valence-corrected chi connectivity index (χ2v) is 4.54. The minimum atomic E-state index is -0.0122. The Morgan fingerprint density at radius 2 is 2.33 bits per heavy atom. The van der Waals surface area contributed by atoms with E-state index in [1.807, 2.05) is 18.5 Å². The minimum Gasteiger partial charge on any atom is -0.394 e. The molecule has 1 aliphatic rings. The molecule has 1 atom stereocenters. The van der Waals surface area contributed by atoms with Crippen LogP contribution in [-0.4, -0.2) is 22.2 Å².